The molecular formula is C14H22N2O4. The number of aromatic nitrogens is 2. The molecule has 6 heteroatoms. The highest BCUT2D eigenvalue weighted by Crippen LogP contribution is 2.37. The lowest BCUT2D eigenvalue weighted by molar-refractivity contribution is -0.144. The van der Waals surface area contributed by atoms with Crippen molar-refractivity contribution in [2.24, 2.45) is 5.92 Å². The van der Waals surface area contributed by atoms with Crippen LogP contribution >= 0.6 is 0 Å². The first-order valence-electron chi connectivity index (χ1n) is 7.24. The van der Waals surface area contributed by atoms with Gasteiger partial charge in [0.25, 0.3) is 0 Å². The molecule has 0 N–H and O–H groups in total. The van der Waals surface area contributed by atoms with E-state index >= 15 is 0 Å². The zero-order valence-electron chi connectivity index (χ0n) is 12.1. The van der Waals surface area contributed by atoms with E-state index in [1.807, 2.05) is 6.92 Å². The summed E-state index contributed by atoms with van der Waals surface area (Å²) in [5, 5.41) is 3.92. The van der Waals surface area contributed by atoms with Gasteiger partial charge in [0.1, 0.15) is 5.92 Å². The minimum absolute atomic E-state index is 0.252. The number of methoxy groups -OCH3 is 1. The van der Waals surface area contributed by atoms with Crippen LogP contribution in [-0.2, 0) is 20.7 Å². The van der Waals surface area contributed by atoms with Crippen molar-refractivity contribution in [3.05, 3.63) is 11.7 Å². The lowest BCUT2D eigenvalue weighted by atomic mass is 9.91. The van der Waals surface area contributed by atoms with Gasteiger partial charge in [0.2, 0.25) is 5.89 Å². The van der Waals surface area contributed by atoms with Crippen LogP contribution in [0.3, 0.4) is 0 Å². The van der Waals surface area contributed by atoms with Crippen LogP contribution in [0.25, 0.3) is 0 Å². The zero-order chi connectivity index (χ0) is 14.4. The van der Waals surface area contributed by atoms with Gasteiger partial charge in [-0.1, -0.05) is 18.0 Å². The van der Waals surface area contributed by atoms with Crippen molar-refractivity contribution < 1.29 is 18.8 Å². The Hall–Kier alpha value is -1.43. The minimum Gasteiger partial charge on any atom is -0.468 e. The maximum atomic E-state index is 12.0. The van der Waals surface area contributed by atoms with Crippen molar-refractivity contribution >= 4 is 5.97 Å². The molecule has 1 atom stereocenters. The van der Waals surface area contributed by atoms with Crippen LogP contribution in [-0.4, -0.2) is 36.4 Å². The Morgan fingerprint density at radius 2 is 2.20 bits per heavy atom. The van der Waals surface area contributed by atoms with E-state index in [1.165, 1.54) is 7.11 Å². The van der Waals surface area contributed by atoms with Gasteiger partial charge in [-0.3, -0.25) is 4.79 Å². The maximum absolute atomic E-state index is 12.0. The molecule has 6 nitrogen and oxygen atoms in total. The molecule has 1 saturated carbocycles. The molecule has 1 unspecified atom stereocenters. The third-order valence-corrected chi connectivity index (χ3v) is 3.75. The minimum atomic E-state index is -0.421. The first kappa shape index (κ1) is 15.0. The molecule has 0 amide bonds. The molecule has 0 radical (unpaired) electrons. The molecule has 1 aromatic rings. The van der Waals surface area contributed by atoms with E-state index in [9.17, 15) is 4.79 Å². The molecule has 0 aromatic carbocycles. The van der Waals surface area contributed by atoms with E-state index in [0.717, 1.165) is 25.7 Å². The molecule has 1 fully saturated rings. The highest BCUT2D eigenvalue weighted by atomic mass is 16.5. The number of ether oxygens (including phenoxy) is 2. The second kappa shape index (κ2) is 7.38. The highest BCUT2D eigenvalue weighted by molar-refractivity contribution is 5.77. The predicted octanol–water partition coefficient (Wildman–Crippen LogP) is 2.10. The molecule has 2 rings (SSSR count). The Balaban J connectivity index is 2.06. The van der Waals surface area contributed by atoms with Crippen molar-refractivity contribution in [2.45, 2.75) is 44.9 Å². The first-order valence-corrected chi connectivity index (χ1v) is 7.24. The number of esters is 1. The Morgan fingerprint density at radius 3 is 2.85 bits per heavy atom. The summed E-state index contributed by atoms with van der Waals surface area (Å²) in [6.07, 6.45) is 4.90. The number of hydrogen-bond acceptors (Lipinski definition) is 6. The van der Waals surface area contributed by atoms with Crippen LogP contribution in [0.1, 0.15) is 50.2 Å². The van der Waals surface area contributed by atoms with Crippen molar-refractivity contribution in [1.29, 1.82) is 0 Å². The van der Waals surface area contributed by atoms with Gasteiger partial charge in [0.15, 0.2) is 5.82 Å². The average Bonchev–Trinajstić information content (AvgIpc) is 3.12. The predicted molar refractivity (Wildman–Crippen MR) is 71.2 cm³/mol. The normalized spacial score (nSPS) is 17.3. The summed E-state index contributed by atoms with van der Waals surface area (Å²) in [4.78, 5) is 16.3. The van der Waals surface area contributed by atoms with Crippen LogP contribution in [0, 0.1) is 5.92 Å². The topological polar surface area (TPSA) is 74.5 Å². The molecular weight excluding hydrogens is 260 g/mol. The number of carbonyl (C=O) groups is 1. The van der Waals surface area contributed by atoms with E-state index < -0.39 is 5.92 Å². The quantitative estimate of drug-likeness (QED) is 0.563. The van der Waals surface area contributed by atoms with E-state index in [2.05, 4.69) is 10.1 Å². The molecule has 1 aliphatic carbocycles. The molecule has 1 heterocycles. The summed E-state index contributed by atoms with van der Waals surface area (Å²) in [5.41, 5.74) is 0. The summed E-state index contributed by atoms with van der Waals surface area (Å²) < 4.78 is 15.4. The summed E-state index contributed by atoms with van der Waals surface area (Å²) >= 11 is 0. The molecule has 0 aliphatic heterocycles. The number of rotatable bonds is 7. The van der Waals surface area contributed by atoms with Crippen molar-refractivity contribution in [3.63, 3.8) is 0 Å². The fraction of sp³-hybridized carbons (Fsp3) is 0.786. The first-order chi connectivity index (χ1) is 9.76. The van der Waals surface area contributed by atoms with Gasteiger partial charge in [0, 0.05) is 13.0 Å². The third kappa shape index (κ3) is 3.56. The van der Waals surface area contributed by atoms with Gasteiger partial charge >= 0.3 is 5.97 Å². The van der Waals surface area contributed by atoms with Gasteiger partial charge in [0.05, 0.1) is 13.7 Å². The molecule has 0 saturated heterocycles. The van der Waals surface area contributed by atoms with Gasteiger partial charge in [-0.25, -0.2) is 0 Å². The van der Waals surface area contributed by atoms with Crippen molar-refractivity contribution in [3.8, 4) is 0 Å². The second-order valence-corrected chi connectivity index (χ2v) is 5.04. The van der Waals surface area contributed by atoms with Gasteiger partial charge in [-0.05, 0) is 25.7 Å². The fourth-order valence-corrected chi connectivity index (χ4v) is 2.72. The van der Waals surface area contributed by atoms with Crippen LogP contribution in [0.15, 0.2) is 4.52 Å². The van der Waals surface area contributed by atoms with Gasteiger partial charge in [-0.2, -0.15) is 4.98 Å². The summed E-state index contributed by atoms with van der Waals surface area (Å²) in [5.74, 6) is 0.519. The number of nitrogens with zero attached hydrogens (tertiary/aromatic N) is 2. The van der Waals surface area contributed by atoms with Crippen molar-refractivity contribution in [1.82, 2.24) is 10.1 Å². The molecule has 1 aliphatic rings. The Labute approximate surface area is 118 Å². The average molecular weight is 282 g/mol. The maximum Gasteiger partial charge on any atom is 0.318 e. The molecule has 1 aromatic heterocycles. The second-order valence-electron chi connectivity index (χ2n) is 5.04. The summed E-state index contributed by atoms with van der Waals surface area (Å²) in [6, 6.07) is 0. The third-order valence-electron chi connectivity index (χ3n) is 3.75. The molecule has 0 spiro atoms. The van der Waals surface area contributed by atoms with E-state index in [0.29, 0.717) is 31.3 Å². The molecule has 112 valence electrons. The van der Waals surface area contributed by atoms with Gasteiger partial charge in [-0.15, -0.1) is 0 Å². The van der Waals surface area contributed by atoms with Crippen LogP contribution in [0.5, 0.6) is 0 Å². The van der Waals surface area contributed by atoms with Crippen LogP contribution in [0.4, 0.5) is 0 Å². The lowest BCUT2D eigenvalue weighted by Gasteiger charge is -2.16. The highest BCUT2D eigenvalue weighted by Gasteiger charge is 2.37. The monoisotopic (exact) mass is 282 g/mol. The fourth-order valence-electron chi connectivity index (χ4n) is 2.72. The summed E-state index contributed by atoms with van der Waals surface area (Å²) in [6.45, 7) is 3.16. The Kier molecular flexibility index (Phi) is 5.52. The Bertz CT molecular complexity index is 427. The van der Waals surface area contributed by atoms with E-state index in [4.69, 9.17) is 14.0 Å². The van der Waals surface area contributed by atoms with E-state index in [1.54, 1.807) is 0 Å². The van der Waals surface area contributed by atoms with Crippen LogP contribution < -0.4 is 0 Å². The van der Waals surface area contributed by atoms with E-state index in [-0.39, 0.29) is 11.9 Å². The SMILES string of the molecule is CCOCCc1noc(C(C(=O)OC)C2CCCC2)n1. The molecule has 0 bridgehead atoms. The van der Waals surface area contributed by atoms with Gasteiger partial charge < -0.3 is 14.0 Å². The molecule has 20 heavy (non-hydrogen) atoms. The zero-order valence-corrected chi connectivity index (χ0v) is 12.1. The van der Waals surface area contributed by atoms with Crippen molar-refractivity contribution in [2.75, 3.05) is 20.3 Å². The number of carbonyl (C=O) groups excluding carboxylic acids is 1. The smallest absolute Gasteiger partial charge is 0.318 e. The lowest BCUT2D eigenvalue weighted by Crippen LogP contribution is -2.22. The standard InChI is InChI=1S/C14H22N2O4/c1-3-19-9-8-11-15-13(20-16-11)12(14(17)18-2)10-6-4-5-7-10/h10,12H,3-9H2,1-2H3. The summed E-state index contributed by atoms with van der Waals surface area (Å²) in [7, 11) is 1.40. The van der Waals surface area contributed by atoms with Crippen LogP contribution in [0.2, 0.25) is 0 Å². The number of hydrogen-bond donors (Lipinski definition) is 0. The Morgan fingerprint density at radius 1 is 1.45 bits per heavy atom. The largest absolute Gasteiger partial charge is 0.468 e.